The molecule has 1 aliphatic heterocycles. The van der Waals surface area contributed by atoms with Crippen LogP contribution in [-0.4, -0.2) is 51.6 Å². The molecular formula is C25H27N5O6. The molecule has 1 unspecified atom stereocenters. The molecule has 2 N–H and O–H groups in total. The SMILES string of the molecule is COc1ccc(NCC(=O)N2N=C(c3c(O)n(C)c(=O)n(C)c3=O)CC2c2ccc(OC)cc2)cc1. The van der Waals surface area contributed by atoms with Crippen molar-refractivity contribution < 1.29 is 19.4 Å². The first-order valence-corrected chi connectivity index (χ1v) is 11.2. The van der Waals surface area contributed by atoms with Crippen molar-refractivity contribution in [3.63, 3.8) is 0 Å². The van der Waals surface area contributed by atoms with Crippen molar-refractivity contribution >= 4 is 17.3 Å². The minimum absolute atomic E-state index is 0.0625. The molecule has 2 aromatic carbocycles. The maximum Gasteiger partial charge on any atom is 0.333 e. The summed E-state index contributed by atoms with van der Waals surface area (Å²) in [6, 6.07) is 13.8. The molecule has 0 saturated heterocycles. The van der Waals surface area contributed by atoms with Crippen molar-refractivity contribution in [2.45, 2.75) is 12.5 Å². The summed E-state index contributed by atoms with van der Waals surface area (Å²) in [6.07, 6.45) is 0.168. The van der Waals surface area contributed by atoms with Gasteiger partial charge in [-0.15, -0.1) is 0 Å². The molecule has 4 rings (SSSR count). The van der Waals surface area contributed by atoms with Gasteiger partial charge in [-0.05, 0) is 42.0 Å². The van der Waals surface area contributed by atoms with Crippen LogP contribution in [0.15, 0.2) is 63.2 Å². The monoisotopic (exact) mass is 493 g/mol. The van der Waals surface area contributed by atoms with Crippen molar-refractivity contribution in [1.29, 1.82) is 0 Å². The second-order valence-electron chi connectivity index (χ2n) is 8.26. The van der Waals surface area contributed by atoms with Crippen molar-refractivity contribution in [3.05, 3.63) is 80.5 Å². The largest absolute Gasteiger partial charge is 0.497 e. The summed E-state index contributed by atoms with van der Waals surface area (Å²) < 4.78 is 12.3. The van der Waals surface area contributed by atoms with Gasteiger partial charge in [-0.1, -0.05) is 12.1 Å². The molecule has 36 heavy (non-hydrogen) atoms. The lowest BCUT2D eigenvalue weighted by molar-refractivity contribution is -0.131. The molecule has 0 radical (unpaired) electrons. The molecule has 1 aromatic heterocycles. The third kappa shape index (κ3) is 4.54. The number of ether oxygens (including phenoxy) is 2. The lowest BCUT2D eigenvalue weighted by Crippen LogP contribution is -2.39. The van der Waals surface area contributed by atoms with Crippen molar-refractivity contribution in [3.8, 4) is 17.4 Å². The fourth-order valence-corrected chi connectivity index (χ4v) is 4.03. The molecule has 1 atom stereocenters. The van der Waals surface area contributed by atoms with Gasteiger partial charge in [0.1, 0.15) is 17.1 Å². The lowest BCUT2D eigenvalue weighted by atomic mass is 9.99. The fourth-order valence-electron chi connectivity index (χ4n) is 4.03. The first-order valence-electron chi connectivity index (χ1n) is 11.2. The number of anilines is 1. The standard InChI is InChI=1S/C25H27N5O6/c1-28-23(32)22(24(33)29(2)25(28)34)19-13-20(15-5-9-17(35-3)10-6-15)30(27-19)21(31)14-26-16-7-11-18(36-4)12-8-16/h5-12,20,26,32H,13-14H2,1-4H3. The maximum atomic E-state index is 13.3. The summed E-state index contributed by atoms with van der Waals surface area (Å²) in [7, 11) is 5.82. The third-order valence-corrected chi connectivity index (χ3v) is 6.12. The van der Waals surface area contributed by atoms with Crippen molar-refractivity contribution in [2.24, 2.45) is 19.2 Å². The molecule has 11 heteroatoms. The number of carbonyl (C=O) groups is 1. The van der Waals surface area contributed by atoms with Crippen LogP contribution in [-0.2, 0) is 18.9 Å². The highest BCUT2D eigenvalue weighted by Crippen LogP contribution is 2.34. The van der Waals surface area contributed by atoms with Gasteiger partial charge in [0.2, 0.25) is 5.88 Å². The number of rotatable bonds is 7. The molecule has 0 aliphatic carbocycles. The molecule has 11 nitrogen and oxygen atoms in total. The van der Waals surface area contributed by atoms with E-state index >= 15 is 0 Å². The van der Waals surface area contributed by atoms with Crippen LogP contribution in [0.5, 0.6) is 17.4 Å². The van der Waals surface area contributed by atoms with Crippen LogP contribution in [0.3, 0.4) is 0 Å². The molecule has 188 valence electrons. The van der Waals surface area contributed by atoms with Crippen LogP contribution in [0.2, 0.25) is 0 Å². The molecule has 0 fully saturated rings. The van der Waals surface area contributed by atoms with E-state index in [0.717, 1.165) is 20.4 Å². The van der Waals surface area contributed by atoms with Gasteiger partial charge in [-0.25, -0.2) is 9.80 Å². The lowest BCUT2D eigenvalue weighted by Gasteiger charge is -2.22. The van der Waals surface area contributed by atoms with E-state index in [1.54, 1.807) is 50.6 Å². The molecule has 0 spiro atoms. The Labute approximate surface area is 206 Å². The smallest absolute Gasteiger partial charge is 0.333 e. The van der Waals surface area contributed by atoms with Crippen LogP contribution in [0.1, 0.15) is 23.6 Å². The first kappa shape index (κ1) is 24.6. The topological polar surface area (TPSA) is 127 Å². The molecule has 3 aromatic rings. The van der Waals surface area contributed by atoms with Gasteiger partial charge in [-0.2, -0.15) is 5.10 Å². The van der Waals surface area contributed by atoms with Crippen LogP contribution in [0.25, 0.3) is 0 Å². The average Bonchev–Trinajstić information content (AvgIpc) is 3.35. The predicted molar refractivity (Wildman–Crippen MR) is 134 cm³/mol. The number of nitrogens with one attached hydrogen (secondary N) is 1. The third-order valence-electron chi connectivity index (χ3n) is 6.12. The number of nitrogens with zero attached hydrogens (tertiary/aromatic N) is 4. The fraction of sp³-hybridized carbons (Fsp3) is 0.280. The van der Waals surface area contributed by atoms with Crippen LogP contribution >= 0.6 is 0 Å². The van der Waals surface area contributed by atoms with E-state index in [1.807, 2.05) is 12.1 Å². The highest BCUT2D eigenvalue weighted by Gasteiger charge is 2.35. The number of hydrogen-bond acceptors (Lipinski definition) is 8. The number of amides is 1. The van der Waals surface area contributed by atoms with Gasteiger partial charge < -0.3 is 19.9 Å². The molecule has 2 heterocycles. The quantitative estimate of drug-likeness (QED) is 0.512. The van der Waals surface area contributed by atoms with Crippen molar-refractivity contribution in [2.75, 3.05) is 26.1 Å². The Morgan fingerprint density at radius 2 is 1.58 bits per heavy atom. The zero-order chi connectivity index (χ0) is 26.0. The number of aromatic nitrogens is 2. The summed E-state index contributed by atoms with van der Waals surface area (Å²) in [5.41, 5.74) is 0.238. The van der Waals surface area contributed by atoms with E-state index in [2.05, 4.69) is 10.4 Å². The van der Waals surface area contributed by atoms with E-state index in [-0.39, 0.29) is 30.1 Å². The van der Waals surface area contributed by atoms with E-state index in [4.69, 9.17) is 9.47 Å². The maximum absolute atomic E-state index is 13.3. The number of carbonyl (C=O) groups excluding carboxylic acids is 1. The number of hydrazone groups is 1. The highest BCUT2D eigenvalue weighted by atomic mass is 16.5. The van der Waals surface area contributed by atoms with E-state index in [9.17, 15) is 19.5 Å². The molecule has 0 bridgehead atoms. The van der Waals surface area contributed by atoms with E-state index in [1.165, 1.54) is 19.1 Å². The Morgan fingerprint density at radius 3 is 2.17 bits per heavy atom. The Balaban J connectivity index is 1.68. The van der Waals surface area contributed by atoms with Gasteiger partial charge in [0.25, 0.3) is 11.5 Å². The van der Waals surface area contributed by atoms with Gasteiger partial charge in [0, 0.05) is 26.2 Å². The van der Waals surface area contributed by atoms with E-state index < -0.39 is 23.2 Å². The van der Waals surface area contributed by atoms with Gasteiger partial charge in [0.15, 0.2) is 0 Å². The van der Waals surface area contributed by atoms with Gasteiger partial charge >= 0.3 is 5.69 Å². The summed E-state index contributed by atoms with van der Waals surface area (Å²) >= 11 is 0. The second kappa shape index (κ2) is 9.98. The van der Waals surface area contributed by atoms with E-state index in [0.29, 0.717) is 11.5 Å². The Morgan fingerprint density at radius 1 is 1.00 bits per heavy atom. The Hall–Kier alpha value is -4.54. The Bertz CT molecular complexity index is 1420. The molecule has 1 amide bonds. The van der Waals surface area contributed by atoms with Crippen molar-refractivity contribution in [1.82, 2.24) is 14.1 Å². The minimum atomic E-state index is -0.687. The Kier molecular flexibility index (Phi) is 6.82. The summed E-state index contributed by atoms with van der Waals surface area (Å²) in [6.45, 7) is -0.0625. The van der Waals surface area contributed by atoms with Gasteiger partial charge in [-0.3, -0.25) is 18.7 Å². The summed E-state index contributed by atoms with van der Waals surface area (Å²) in [5, 5.41) is 19.4. The van der Waals surface area contributed by atoms with Crippen LogP contribution in [0, 0.1) is 0 Å². The van der Waals surface area contributed by atoms with Gasteiger partial charge in [0.05, 0.1) is 32.5 Å². The normalized spacial score (nSPS) is 14.9. The molecule has 1 aliphatic rings. The van der Waals surface area contributed by atoms with Crippen LogP contribution < -0.4 is 26.0 Å². The van der Waals surface area contributed by atoms with Crippen LogP contribution in [0.4, 0.5) is 5.69 Å². The predicted octanol–water partition coefficient (Wildman–Crippen LogP) is 1.60. The summed E-state index contributed by atoms with van der Waals surface area (Å²) in [4.78, 5) is 38.4. The number of benzene rings is 2. The number of aromatic hydroxyl groups is 1. The zero-order valence-corrected chi connectivity index (χ0v) is 20.4. The average molecular weight is 494 g/mol. The minimum Gasteiger partial charge on any atom is -0.497 e. The molecule has 0 saturated carbocycles. The molecular weight excluding hydrogens is 466 g/mol. The number of methoxy groups -OCH3 is 2. The summed E-state index contributed by atoms with van der Waals surface area (Å²) in [5.74, 6) is 0.504. The number of hydrogen-bond donors (Lipinski definition) is 2. The first-order chi connectivity index (χ1) is 17.2. The zero-order valence-electron chi connectivity index (χ0n) is 20.4. The second-order valence-corrected chi connectivity index (χ2v) is 8.26. The highest BCUT2D eigenvalue weighted by molar-refractivity contribution is 6.04.